The number of alkyl halides is 7. The molecule has 0 aromatic heterocycles. The summed E-state index contributed by atoms with van der Waals surface area (Å²) in [6.45, 7) is 27.5. The molecule has 11 unspecified atom stereocenters. The number of aliphatic imine (C=N–C) groups is 1. The third kappa shape index (κ3) is 49.6. The third-order valence-corrected chi connectivity index (χ3v) is 20.8. The monoisotopic (exact) mass is 2830 g/mol. The molecule has 7 heterocycles. The van der Waals surface area contributed by atoms with Crippen molar-refractivity contribution in [2.24, 2.45) is 33.0 Å². The van der Waals surface area contributed by atoms with Gasteiger partial charge in [0, 0.05) is 45.3 Å². The molecular formula is C79H110Br3Cl3I6N7O29V2-2. The van der Waals surface area contributed by atoms with E-state index >= 15 is 0 Å². The van der Waals surface area contributed by atoms with E-state index in [0.29, 0.717) is 22.5 Å². The molecule has 0 radical (unpaired) electrons. The Balaban J connectivity index is 0.00000162. The third-order valence-electron chi connectivity index (χ3n) is 18.0. The second-order valence-electron chi connectivity index (χ2n) is 26.8. The molecule has 50 heteroatoms. The molecule has 731 valence electrons. The van der Waals surface area contributed by atoms with Crippen molar-refractivity contribution in [3.05, 3.63) is 142 Å². The Morgan fingerprint density at radius 3 is 1.27 bits per heavy atom. The predicted octanol–water partition coefficient (Wildman–Crippen LogP) is 16.7. The van der Waals surface area contributed by atoms with Crippen molar-refractivity contribution in [1.82, 2.24) is 0 Å². The second-order valence-corrected chi connectivity index (χ2v) is 80.8. The van der Waals surface area contributed by atoms with Gasteiger partial charge in [-0.3, -0.25) is 43.3 Å². The predicted molar refractivity (Wildman–Crippen MR) is 533 cm³/mol. The maximum atomic E-state index is 12.1. The molecule has 0 aliphatic carbocycles. The number of halogens is 12. The van der Waals surface area contributed by atoms with Gasteiger partial charge in [0.15, 0.2) is 29.0 Å². The first kappa shape index (κ1) is 128. The number of esters is 5. The standard InChI is InChI=1S/C25H30ClN3O11.C17H20BrClO6.C17H21ClO7.C8H11N3O5.C4H9I.C3H7.C2H3Br2N.C2H5.CH4.5HI.2V/c1-13-20(39-18(32)8-26)16(10-33-12-30)38-25(21(13)34-9-15-6-4-3-5-7-15)40-22-17-11-35-24(37-17)19(28-29-27)23(22)36-14(2)31;1-11-15(25-14(21)7-19)13(9-22-10-20)24-17(18)16(11)23-8-12-5-3-2-4-6-12;1-11-15(25-14(20)7-18)13(9-22-10-19)24-17(21)16(11)23-8-12-5-3-2-4-6-12;1-3(12)15-7-5(10-11-9)8-14-2-4(16-8)6(7)13;1-3-4(2)5;1-3-2;1-5-2(3)4;1-2;;;;;;;;/h3-7,12-13,16-17,19-25H,8-11H2,1-2H3;2-6,10-11,13,15-17H,7-9H2,1H3;2-6,10-11,13,15-17,21H,7-9H2,1H3;4-8,13H,2H2,1H3;4H,3H2,1-2H3;1,3H2,2H3;2H,1H2;1H2,2H3;1H4;5*1H;;/q;;;;;-1;;-1;;;;;;;+2;+3/p-5/t13-,16?,17+,19-,20-,21?,22+,23?,24?,25-;2*11-,13?,15-,16?,17+;4-,5+,6-,7?,8?;;;;;;;;;;;;/m0001............/s1. The van der Waals surface area contributed by atoms with Crippen molar-refractivity contribution in [2.45, 2.75) is 244 Å². The van der Waals surface area contributed by atoms with Crippen LogP contribution in [0.5, 0.6) is 0 Å². The number of azide groups is 2. The minimum atomic E-state index is -1.25. The molecule has 7 aliphatic heterocycles. The zero-order chi connectivity index (χ0) is 96.4. The number of hydrogen-bond donors (Lipinski definition) is 2. The summed E-state index contributed by atoms with van der Waals surface area (Å²) in [6.07, 6.45) is -13.6. The number of carbonyl (C=O) groups is 8. The molecule has 3 aromatic rings. The van der Waals surface area contributed by atoms with Crippen LogP contribution in [-0.2, 0) is 163 Å². The van der Waals surface area contributed by atoms with Crippen LogP contribution >= 0.6 is 205 Å². The van der Waals surface area contributed by atoms with Crippen LogP contribution in [0.15, 0.2) is 106 Å². The van der Waals surface area contributed by atoms with Crippen LogP contribution in [0.3, 0.4) is 0 Å². The first-order chi connectivity index (χ1) is 61.2. The van der Waals surface area contributed by atoms with E-state index in [4.69, 9.17) is 136 Å². The molecule has 0 saturated carbocycles. The van der Waals surface area contributed by atoms with Crippen LogP contribution < -0.4 is 0 Å². The van der Waals surface area contributed by atoms with Gasteiger partial charge in [0.05, 0.1) is 33.0 Å². The Kier molecular flexibility index (Phi) is 75.4. The average molecular weight is 2830 g/mol. The van der Waals surface area contributed by atoms with Gasteiger partial charge in [-0.05, 0) is 40.9 Å². The van der Waals surface area contributed by atoms with E-state index in [2.05, 4.69) is 230 Å². The number of aliphatic hydroxyl groups is 2. The number of benzene rings is 3. The van der Waals surface area contributed by atoms with E-state index in [0.717, 1.165) is 27.0 Å². The first-order valence-electron chi connectivity index (χ1n) is 38.8. The van der Waals surface area contributed by atoms with Gasteiger partial charge < -0.3 is 114 Å². The van der Waals surface area contributed by atoms with E-state index in [1.165, 1.54) is 20.3 Å². The number of ether oxygens (including phenoxy) is 19. The summed E-state index contributed by atoms with van der Waals surface area (Å²) in [7, 11) is 0.628. The van der Waals surface area contributed by atoms with Gasteiger partial charge in [-0.25, -0.2) is 0 Å². The van der Waals surface area contributed by atoms with Crippen molar-refractivity contribution in [1.29, 1.82) is 0 Å². The summed E-state index contributed by atoms with van der Waals surface area (Å²) in [4.78, 5) is 98.8. The fourth-order valence-electron chi connectivity index (χ4n) is 12.4. The molecule has 3 aromatic carbocycles. The average Bonchev–Trinajstić information content (AvgIpc) is 1.65. The zero-order valence-corrected chi connectivity index (χ0v) is 93.5. The Labute approximate surface area is 873 Å². The number of nitrogens with zero attached hydrogens (tertiary/aromatic N) is 7. The maximum absolute atomic E-state index is 12.1. The first-order valence-corrected chi connectivity index (χ1v) is 66.9. The second kappa shape index (κ2) is 75.9. The van der Waals surface area contributed by atoms with E-state index in [1.807, 2.05) is 105 Å². The van der Waals surface area contributed by atoms with Crippen LogP contribution in [0, 0.1) is 31.6 Å². The number of carbonyl (C=O) groups excluding carboxylic acids is 8. The van der Waals surface area contributed by atoms with Gasteiger partial charge in [0.25, 0.3) is 19.4 Å². The zero-order valence-electron chi connectivity index (χ0n) is 70.8. The molecular weight excluding hydrogens is 2720 g/mol. The molecule has 7 saturated heterocycles. The summed E-state index contributed by atoms with van der Waals surface area (Å²) < 4.78 is 106. The van der Waals surface area contributed by atoms with Crippen LogP contribution in [0.1, 0.15) is 99.3 Å². The Bertz CT molecular complexity index is 3610. The Hall–Kier alpha value is -0.951. The summed E-state index contributed by atoms with van der Waals surface area (Å²) >= 11 is 40.8. The van der Waals surface area contributed by atoms with Crippen LogP contribution in [-0.4, -0.2) is 258 Å². The van der Waals surface area contributed by atoms with Gasteiger partial charge in [-0.2, -0.15) is 13.3 Å². The van der Waals surface area contributed by atoms with Gasteiger partial charge in [0.2, 0.25) is 0 Å². The quantitative estimate of drug-likeness (QED) is 0.00501. The molecule has 0 amide bonds. The van der Waals surface area contributed by atoms with Gasteiger partial charge in [-0.15, -0.1) is 34.8 Å². The Morgan fingerprint density at radius 1 is 0.589 bits per heavy atom. The topological polar surface area (TPSA) is 462 Å². The fraction of sp³-hybridized carbons (Fsp3) is 0.633. The normalized spacial score (nSPS) is 28.6. The van der Waals surface area contributed by atoms with Crippen molar-refractivity contribution in [3.8, 4) is 0 Å². The fourth-order valence-corrected chi connectivity index (χ4v) is 13.5. The van der Waals surface area contributed by atoms with E-state index in [1.54, 1.807) is 20.8 Å². The van der Waals surface area contributed by atoms with Gasteiger partial charge in [0.1, 0.15) is 146 Å². The van der Waals surface area contributed by atoms with Crippen LogP contribution in [0.4, 0.5) is 0 Å². The molecule has 10 rings (SSSR count). The van der Waals surface area contributed by atoms with Gasteiger partial charge >= 0.3 is 144 Å². The van der Waals surface area contributed by atoms with Crippen LogP contribution in [0.2, 0.25) is 0 Å². The summed E-state index contributed by atoms with van der Waals surface area (Å²) in [5, 5.41) is 26.8. The molecule has 4 bridgehead atoms. The Morgan fingerprint density at radius 2 is 0.915 bits per heavy atom. The van der Waals surface area contributed by atoms with Crippen molar-refractivity contribution >= 4 is 261 Å². The number of rotatable bonds is 32. The van der Waals surface area contributed by atoms with E-state index < -0.39 is 175 Å². The van der Waals surface area contributed by atoms with Crippen molar-refractivity contribution < 1.29 is 153 Å². The minimum absolute atomic E-state index is 0. The molecule has 36 nitrogen and oxygen atoms in total. The summed E-state index contributed by atoms with van der Waals surface area (Å²) in [5.41, 5.74) is 20.4. The summed E-state index contributed by atoms with van der Waals surface area (Å²) in [6, 6.07) is 26.6. The molecule has 7 fully saturated rings. The number of hydrogen-bond acceptors (Lipinski definition) is 32. The number of fused-ring (bicyclic) bond motifs is 4. The van der Waals surface area contributed by atoms with E-state index in [9.17, 15) is 48.6 Å². The SMILES string of the molecule is C.C=NC(Br)Br.CC(=O)OC1[C@H](N=[N+]=[N-])C2OC[C@@H](O2)[C@H]1O.CC(=O)OC1[C@H](N=[N+]=[N-])C2OC[C@@H](O2)[C@H]1O[C@@H]1OC(COC=O)[C@@H](OC(=O)CCl)[C@H](C)C1OCc1ccccc1.CCC(C)I.C[C@@H]1C(OCc2ccccc2)[C@H](Br)OC(COC=O)[C@H]1OC(=O)CCl.C[C@@H]1C(OCc2ccccc2)[C@H](O)OC(COC=O)[C@H]1OC(=O)CCl.[CH2-]C.[CH2-]CC.[I][V]([I])[I].[I][V][I]. The van der Waals surface area contributed by atoms with Crippen LogP contribution in [0.25, 0.3) is 20.9 Å². The molecule has 7 aliphatic rings. The molecule has 129 heavy (non-hydrogen) atoms. The summed E-state index contributed by atoms with van der Waals surface area (Å²) in [5.74, 6) is -5.19. The van der Waals surface area contributed by atoms with Gasteiger partial charge in [-0.1, -0.05) is 221 Å². The van der Waals surface area contributed by atoms with E-state index in [-0.39, 0.29) is 99.2 Å². The molecule has 0 spiro atoms. The molecule has 26 atom stereocenters. The molecule has 2 N–H and O–H groups in total. The number of aliphatic hydroxyl groups excluding tert-OH is 2. The van der Waals surface area contributed by atoms with Crippen molar-refractivity contribution in [2.75, 3.05) is 50.7 Å². The van der Waals surface area contributed by atoms with Crippen molar-refractivity contribution in [3.63, 3.8) is 0 Å².